The van der Waals surface area contributed by atoms with Crippen molar-refractivity contribution >= 4 is 22.9 Å². The summed E-state index contributed by atoms with van der Waals surface area (Å²) in [5.74, 6) is 2.28. The zero-order valence-electron chi connectivity index (χ0n) is 13.0. The van der Waals surface area contributed by atoms with Gasteiger partial charge in [0, 0.05) is 42.7 Å². The Balaban J connectivity index is 1.27. The van der Waals surface area contributed by atoms with Gasteiger partial charge in [-0.2, -0.15) is 14.6 Å². The predicted molar refractivity (Wildman–Crippen MR) is 89.8 cm³/mol. The van der Waals surface area contributed by atoms with Crippen molar-refractivity contribution in [1.29, 1.82) is 0 Å². The fraction of sp³-hybridized carbons (Fsp3) is 0.467. The number of nitrogens with one attached hydrogen (secondary N) is 2. The van der Waals surface area contributed by atoms with Crippen LogP contribution in [0.2, 0.25) is 0 Å². The third-order valence-corrected chi connectivity index (χ3v) is 4.85. The van der Waals surface area contributed by atoms with Crippen molar-refractivity contribution in [3.8, 4) is 0 Å². The minimum atomic E-state index is 0.621. The Kier molecular flexibility index (Phi) is 3.92. The van der Waals surface area contributed by atoms with Gasteiger partial charge < -0.3 is 10.6 Å². The van der Waals surface area contributed by atoms with E-state index in [9.17, 15) is 0 Å². The van der Waals surface area contributed by atoms with Crippen LogP contribution in [0.4, 0.5) is 5.82 Å². The second-order valence-corrected chi connectivity index (χ2v) is 6.70. The first-order valence-electron chi connectivity index (χ1n) is 7.86. The third kappa shape index (κ3) is 3.32. The number of hydrogen-bond donors (Lipinski definition) is 2. The second-order valence-electron chi connectivity index (χ2n) is 5.81. The van der Waals surface area contributed by atoms with Gasteiger partial charge in [-0.15, -0.1) is 11.3 Å². The molecule has 0 unspecified atom stereocenters. The molecule has 0 radical (unpaired) electrons. The fourth-order valence-corrected chi connectivity index (χ4v) is 3.46. The van der Waals surface area contributed by atoms with Gasteiger partial charge in [-0.05, 0) is 19.8 Å². The number of anilines is 1. The summed E-state index contributed by atoms with van der Waals surface area (Å²) in [6.45, 7) is 4.43. The van der Waals surface area contributed by atoms with Crippen molar-refractivity contribution in [3.05, 3.63) is 34.2 Å². The molecule has 0 bridgehead atoms. The first-order chi connectivity index (χ1) is 11.3. The van der Waals surface area contributed by atoms with E-state index in [0.29, 0.717) is 5.78 Å². The molecule has 0 spiro atoms. The van der Waals surface area contributed by atoms with Gasteiger partial charge in [-0.1, -0.05) is 0 Å². The molecule has 23 heavy (non-hydrogen) atoms. The molecule has 0 amide bonds. The lowest BCUT2D eigenvalue weighted by Crippen LogP contribution is -2.23. The van der Waals surface area contributed by atoms with Crippen LogP contribution in [0, 0.1) is 6.92 Å². The van der Waals surface area contributed by atoms with Crippen molar-refractivity contribution in [2.45, 2.75) is 32.2 Å². The molecule has 1 aliphatic rings. The van der Waals surface area contributed by atoms with Crippen LogP contribution in [0.15, 0.2) is 17.8 Å². The van der Waals surface area contributed by atoms with Crippen molar-refractivity contribution in [1.82, 2.24) is 29.9 Å². The Labute approximate surface area is 138 Å². The zero-order valence-corrected chi connectivity index (χ0v) is 13.8. The number of nitrogens with zero attached hydrogens (tertiary/aromatic N) is 5. The highest BCUT2D eigenvalue weighted by atomic mass is 32.1. The molecule has 0 aromatic carbocycles. The van der Waals surface area contributed by atoms with Crippen LogP contribution in [0.3, 0.4) is 0 Å². The van der Waals surface area contributed by atoms with Crippen molar-refractivity contribution in [2.75, 3.05) is 18.4 Å². The number of rotatable bonds is 7. The van der Waals surface area contributed by atoms with Crippen LogP contribution < -0.4 is 10.6 Å². The summed E-state index contributed by atoms with van der Waals surface area (Å²) in [5, 5.41) is 14.5. The van der Waals surface area contributed by atoms with Crippen molar-refractivity contribution in [2.24, 2.45) is 0 Å². The maximum atomic E-state index is 4.68. The maximum Gasteiger partial charge on any atom is 0.254 e. The number of aryl methyl sites for hydroxylation is 1. The van der Waals surface area contributed by atoms with Crippen LogP contribution in [0.25, 0.3) is 5.78 Å². The molecule has 1 fully saturated rings. The molecule has 120 valence electrons. The van der Waals surface area contributed by atoms with E-state index in [4.69, 9.17) is 0 Å². The molecule has 0 aliphatic heterocycles. The highest BCUT2D eigenvalue weighted by Gasteiger charge is 2.26. The smallest absolute Gasteiger partial charge is 0.254 e. The standard InChI is InChI=1S/C15H19N7S/c1-10-6-13(22-15(20-10)18-9-19-22)17-5-4-16-7-12-8-23-14(21-12)11-2-3-11/h6,8-9,11,16-17H,2-5,7H2,1H3. The summed E-state index contributed by atoms with van der Waals surface area (Å²) in [6.07, 6.45) is 4.14. The number of aromatic nitrogens is 5. The Morgan fingerprint density at radius 1 is 1.30 bits per heavy atom. The Hall–Kier alpha value is -2.06. The molecule has 3 aromatic rings. The number of thiazole rings is 1. The van der Waals surface area contributed by atoms with Crippen LogP contribution in [-0.4, -0.2) is 37.7 Å². The minimum Gasteiger partial charge on any atom is -0.369 e. The Bertz CT molecular complexity index is 805. The van der Waals surface area contributed by atoms with Crippen LogP contribution in [0.5, 0.6) is 0 Å². The van der Waals surface area contributed by atoms with E-state index in [2.05, 4.69) is 36.1 Å². The van der Waals surface area contributed by atoms with Gasteiger partial charge in [0.2, 0.25) is 0 Å². The summed E-state index contributed by atoms with van der Waals surface area (Å²) in [4.78, 5) is 13.1. The molecule has 0 atom stereocenters. The van der Waals surface area contributed by atoms with Gasteiger partial charge >= 0.3 is 0 Å². The van der Waals surface area contributed by atoms with Gasteiger partial charge in [0.05, 0.1) is 10.7 Å². The predicted octanol–water partition coefficient (Wildman–Crippen LogP) is 1.97. The first-order valence-corrected chi connectivity index (χ1v) is 8.74. The number of fused-ring (bicyclic) bond motifs is 1. The summed E-state index contributed by atoms with van der Waals surface area (Å²) >= 11 is 1.79. The molecule has 7 nitrogen and oxygen atoms in total. The van der Waals surface area contributed by atoms with E-state index in [1.165, 1.54) is 24.2 Å². The lowest BCUT2D eigenvalue weighted by Gasteiger charge is -2.09. The molecule has 1 saturated carbocycles. The molecule has 8 heteroatoms. The van der Waals surface area contributed by atoms with Gasteiger partial charge in [0.15, 0.2) is 0 Å². The highest BCUT2D eigenvalue weighted by Crippen LogP contribution is 2.41. The molecular formula is C15H19N7S. The van der Waals surface area contributed by atoms with Crippen molar-refractivity contribution < 1.29 is 0 Å². The Morgan fingerprint density at radius 3 is 3.09 bits per heavy atom. The molecule has 3 aromatic heterocycles. The molecule has 0 saturated heterocycles. The lowest BCUT2D eigenvalue weighted by atomic mass is 10.4. The van der Waals surface area contributed by atoms with Crippen LogP contribution in [-0.2, 0) is 6.54 Å². The van der Waals surface area contributed by atoms with E-state index < -0.39 is 0 Å². The SMILES string of the molecule is Cc1cc(NCCNCc2csc(C3CC3)n2)n2ncnc2n1. The Morgan fingerprint density at radius 2 is 2.22 bits per heavy atom. The average molecular weight is 329 g/mol. The highest BCUT2D eigenvalue weighted by molar-refractivity contribution is 7.09. The third-order valence-electron chi connectivity index (χ3n) is 3.79. The monoisotopic (exact) mass is 329 g/mol. The first kappa shape index (κ1) is 14.5. The largest absolute Gasteiger partial charge is 0.369 e. The average Bonchev–Trinajstić information content (AvgIpc) is 3.09. The summed E-state index contributed by atoms with van der Waals surface area (Å²) in [7, 11) is 0. The lowest BCUT2D eigenvalue weighted by molar-refractivity contribution is 0.691. The normalized spacial score (nSPS) is 14.5. The van der Waals surface area contributed by atoms with Gasteiger partial charge in [0.25, 0.3) is 5.78 Å². The molecule has 4 rings (SSSR count). The summed E-state index contributed by atoms with van der Waals surface area (Å²) < 4.78 is 1.72. The van der Waals surface area contributed by atoms with E-state index >= 15 is 0 Å². The van der Waals surface area contributed by atoms with Gasteiger partial charge in [0.1, 0.15) is 12.1 Å². The molecular weight excluding hydrogens is 310 g/mol. The van der Waals surface area contributed by atoms with E-state index in [1.807, 2.05) is 13.0 Å². The molecule has 2 N–H and O–H groups in total. The zero-order chi connectivity index (χ0) is 15.6. The summed E-state index contributed by atoms with van der Waals surface area (Å²) in [5.41, 5.74) is 2.08. The second kappa shape index (κ2) is 6.21. The van der Waals surface area contributed by atoms with E-state index in [-0.39, 0.29) is 0 Å². The number of hydrogen-bond acceptors (Lipinski definition) is 7. The van der Waals surface area contributed by atoms with E-state index in [0.717, 1.165) is 42.8 Å². The quantitative estimate of drug-likeness (QED) is 0.645. The van der Waals surface area contributed by atoms with Crippen molar-refractivity contribution in [3.63, 3.8) is 0 Å². The fourth-order valence-electron chi connectivity index (χ4n) is 2.47. The molecule has 3 heterocycles. The topological polar surface area (TPSA) is 80.0 Å². The van der Waals surface area contributed by atoms with Crippen LogP contribution in [0.1, 0.15) is 35.2 Å². The minimum absolute atomic E-state index is 0.621. The van der Waals surface area contributed by atoms with Crippen LogP contribution >= 0.6 is 11.3 Å². The molecule has 1 aliphatic carbocycles. The van der Waals surface area contributed by atoms with Gasteiger partial charge in [-0.3, -0.25) is 0 Å². The summed E-state index contributed by atoms with van der Waals surface area (Å²) in [6, 6.07) is 1.98. The van der Waals surface area contributed by atoms with Gasteiger partial charge in [-0.25, -0.2) is 9.97 Å². The maximum absolute atomic E-state index is 4.68. The van der Waals surface area contributed by atoms with E-state index in [1.54, 1.807) is 15.9 Å².